The van der Waals surface area contributed by atoms with Gasteiger partial charge in [0.2, 0.25) is 0 Å². The zero-order chi connectivity index (χ0) is 54.3. The Labute approximate surface area is 477 Å². The Hall–Kier alpha value is -10.9. The lowest BCUT2D eigenvalue weighted by Gasteiger charge is -2.28. The molecule has 0 radical (unpaired) electrons. The van der Waals surface area contributed by atoms with Crippen molar-refractivity contribution < 1.29 is 0 Å². The summed E-state index contributed by atoms with van der Waals surface area (Å²) in [4.78, 5) is 4.89. The molecule has 2 aromatic heterocycles. The molecule has 0 fully saturated rings. The van der Waals surface area contributed by atoms with E-state index in [0.717, 1.165) is 89.9 Å². The van der Waals surface area contributed by atoms with Gasteiger partial charge in [-0.15, -0.1) is 0 Å². The molecule has 4 heteroatoms. The highest BCUT2D eigenvalue weighted by Gasteiger charge is 2.24. The molecule has 0 saturated heterocycles. The Bertz CT molecular complexity index is 4480. The number of benzene rings is 13. The van der Waals surface area contributed by atoms with Crippen molar-refractivity contribution in [2.45, 2.75) is 0 Å². The minimum absolute atomic E-state index is 1.07. The lowest BCUT2D eigenvalue weighted by Crippen LogP contribution is -2.11. The van der Waals surface area contributed by atoms with Crippen LogP contribution in [0.4, 0.5) is 34.1 Å². The van der Waals surface area contributed by atoms with Crippen LogP contribution in [0.1, 0.15) is 0 Å². The van der Waals surface area contributed by atoms with Gasteiger partial charge >= 0.3 is 0 Å². The summed E-state index contributed by atoms with van der Waals surface area (Å²) < 4.78 is 4.79. The largest absolute Gasteiger partial charge is 0.310 e. The van der Waals surface area contributed by atoms with Crippen LogP contribution in [-0.2, 0) is 0 Å². The summed E-state index contributed by atoms with van der Waals surface area (Å²) in [6, 6.07) is 119. The molecule has 0 N–H and O–H groups in total. The van der Waals surface area contributed by atoms with Crippen LogP contribution in [0.2, 0.25) is 0 Å². The smallest absolute Gasteiger partial charge is 0.0562 e. The second-order valence-electron chi connectivity index (χ2n) is 20.9. The van der Waals surface area contributed by atoms with Crippen LogP contribution in [0.25, 0.3) is 99.5 Å². The molecule has 0 aliphatic heterocycles. The Kier molecular flexibility index (Phi) is 12.2. The monoisotopic (exact) mass is 1050 g/mol. The van der Waals surface area contributed by atoms with Crippen molar-refractivity contribution in [2.75, 3.05) is 9.80 Å². The summed E-state index contributed by atoms with van der Waals surface area (Å²) >= 11 is 0. The molecule has 0 bridgehead atoms. The van der Waals surface area contributed by atoms with Gasteiger partial charge in [-0.2, -0.15) is 0 Å². The van der Waals surface area contributed by atoms with Gasteiger partial charge in [-0.25, -0.2) is 0 Å². The van der Waals surface area contributed by atoms with Crippen molar-refractivity contribution in [3.63, 3.8) is 0 Å². The molecular formula is C78H54N4. The van der Waals surface area contributed by atoms with E-state index >= 15 is 0 Å². The second kappa shape index (κ2) is 20.7. The Morgan fingerprint density at radius 2 is 0.463 bits per heavy atom. The number of rotatable bonds is 12. The molecule has 82 heavy (non-hydrogen) atoms. The van der Waals surface area contributed by atoms with E-state index in [1.807, 2.05) is 0 Å². The first-order chi connectivity index (χ1) is 40.7. The molecule has 15 rings (SSSR count). The zero-order valence-electron chi connectivity index (χ0n) is 45.0. The zero-order valence-corrected chi connectivity index (χ0v) is 45.0. The fourth-order valence-electron chi connectivity index (χ4n) is 12.4. The third-order valence-electron chi connectivity index (χ3n) is 16.0. The van der Waals surface area contributed by atoms with Crippen molar-refractivity contribution in [2.24, 2.45) is 0 Å². The lowest BCUT2D eigenvalue weighted by atomic mass is 9.98. The van der Waals surface area contributed by atoms with E-state index in [4.69, 9.17) is 0 Å². The second-order valence-corrected chi connectivity index (χ2v) is 20.9. The van der Waals surface area contributed by atoms with Crippen LogP contribution in [0.3, 0.4) is 0 Å². The maximum Gasteiger partial charge on any atom is 0.0562 e. The number of hydrogen-bond acceptors (Lipinski definition) is 2. The van der Waals surface area contributed by atoms with E-state index in [2.05, 4.69) is 347 Å². The molecule has 386 valence electrons. The molecule has 13 aromatic carbocycles. The van der Waals surface area contributed by atoms with Crippen LogP contribution in [0.15, 0.2) is 328 Å². The molecule has 2 heterocycles. The van der Waals surface area contributed by atoms with Gasteiger partial charge < -0.3 is 18.9 Å². The van der Waals surface area contributed by atoms with Gasteiger partial charge in [-0.3, -0.25) is 0 Å². The highest BCUT2D eigenvalue weighted by molar-refractivity contribution is 6.18. The summed E-state index contributed by atoms with van der Waals surface area (Å²) in [5.74, 6) is 0. The number of aromatic nitrogens is 2. The summed E-state index contributed by atoms with van der Waals surface area (Å²) in [5.41, 5.74) is 22.7. The number of nitrogens with zero attached hydrogens (tertiary/aromatic N) is 4. The highest BCUT2D eigenvalue weighted by atomic mass is 15.2. The van der Waals surface area contributed by atoms with Crippen LogP contribution in [0.5, 0.6) is 0 Å². The maximum absolute atomic E-state index is 2.45. The molecule has 4 nitrogen and oxygen atoms in total. The molecule has 0 unspecified atom stereocenters. The van der Waals surface area contributed by atoms with Gasteiger partial charge in [0.05, 0.1) is 33.4 Å². The quantitative estimate of drug-likeness (QED) is 0.121. The Morgan fingerprint density at radius 1 is 0.195 bits per heavy atom. The lowest BCUT2D eigenvalue weighted by molar-refractivity contribution is 1.18. The third kappa shape index (κ3) is 8.58. The van der Waals surface area contributed by atoms with Gasteiger partial charge in [0.25, 0.3) is 0 Å². The summed E-state index contributed by atoms with van der Waals surface area (Å²) in [6.07, 6.45) is 0. The fourth-order valence-corrected chi connectivity index (χ4v) is 12.4. The van der Waals surface area contributed by atoms with Crippen LogP contribution < -0.4 is 9.80 Å². The van der Waals surface area contributed by atoms with Gasteiger partial charge in [0.1, 0.15) is 0 Å². The molecule has 15 aromatic rings. The van der Waals surface area contributed by atoms with Crippen LogP contribution in [0, 0.1) is 0 Å². The first-order valence-corrected chi connectivity index (χ1v) is 28.1. The highest BCUT2D eigenvalue weighted by Crippen LogP contribution is 2.48. The van der Waals surface area contributed by atoms with E-state index in [1.54, 1.807) is 0 Å². The van der Waals surface area contributed by atoms with Crippen LogP contribution in [-0.4, -0.2) is 9.13 Å². The van der Waals surface area contributed by atoms with Crippen molar-refractivity contribution in [1.82, 2.24) is 9.13 Å². The molecular weight excluding hydrogens is 993 g/mol. The van der Waals surface area contributed by atoms with E-state index < -0.39 is 0 Å². The first-order valence-electron chi connectivity index (χ1n) is 28.1. The molecule has 0 amide bonds. The standard InChI is InChI=1S/C78H54N4/c1-5-23-55(24-6-1)59-27-17-35-65(51-59)79(73-43-21-45-75-77(73)69-39-13-15-41-71(69)81(75)63-31-9-3-10-32-63)67-37-19-29-61(53-67)57-47-49-58(50-48-57)62-30-20-38-68(54-62)80(66-36-18-28-60(52-66)56-25-7-2-8-26-56)74-44-22-46-76-78(74)70-40-14-16-42-72(70)82(76)64-33-11-4-12-34-64/h1-54H. The SMILES string of the molecule is c1ccc(-c2cccc(N(c3cccc(-c4ccc(-c5cccc(N(c6cccc(-c7ccccc7)c6)c6cccc7c6c6ccccc6n7-c6ccccc6)c5)cc4)c3)c3cccc4c3c3ccccc3n4-c3ccccc3)c2)cc1. The first kappa shape index (κ1) is 48.2. The minimum Gasteiger partial charge on any atom is -0.310 e. The van der Waals surface area contributed by atoms with E-state index in [9.17, 15) is 0 Å². The Balaban J connectivity index is 0.841. The van der Waals surface area contributed by atoms with Crippen LogP contribution >= 0.6 is 0 Å². The van der Waals surface area contributed by atoms with Crippen molar-refractivity contribution >= 4 is 77.7 Å². The fraction of sp³-hybridized carbons (Fsp3) is 0. The normalized spacial score (nSPS) is 11.4. The number of hydrogen-bond donors (Lipinski definition) is 0. The van der Waals surface area contributed by atoms with Crippen molar-refractivity contribution in [3.8, 4) is 55.9 Å². The average molecular weight is 1050 g/mol. The van der Waals surface area contributed by atoms with Crippen molar-refractivity contribution in [1.29, 1.82) is 0 Å². The van der Waals surface area contributed by atoms with Gasteiger partial charge in [-0.05, 0) is 154 Å². The molecule has 0 atom stereocenters. The average Bonchev–Trinajstić information content (AvgIpc) is 3.99. The number of anilines is 6. The summed E-state index contributed by atoms with van der Waals surface area (Å²) in [5, 5.41) is 4.80. The summed E-state index contributed by atoms with van der Waals surface area (Å²) in [7, 11) is 0. The Morgan fingerprint density at radius 3 is 0.817 bits per heavy atom. The van der Waals surface area contributed by atoms with Crippen molar-refractivity contribution in [3.05, 3.63) is 328 Å². The predicted octanol–water partition coefficient (Wildman–Crippen LogP) is 21.5. The topological polar surface area (TPSA) is 16.3 Å². The molecule has 0 saturated carbocycles. The van der Waals surface area contributed by atoms with E-state index in [0.29, 0.717) is 0 Å². The van der Waals surface area contributed by atoms with Gasteiger partial charge in [0, 0.05) is 55.7 Å². The molecule has 0 spiro atoms. The number of para-hydroxylation sites is 4. The van der Waals surface area contributed by atoms with E-state index in [-0.39, 0.29) is 0 Å². The maximum atomic E-state index is 2.45. The third-order valence-corrected chi connectivity index (χ3v) is 16.0. The molecule has 0 aliphatic carbocycles. The summed E-state index contributed by atoms with van der Waals surface area (Å²) in [6.45, 7) is 0. The predicted molar refractivity (Wildman–Crippen MR) is 346 cm³/mol. The minimum atomic E-state index is 1.07. The van der Waals surface area contributed by atoms with Gasteiger partial charge in [-0.1, -0.05) is 218 Å². The number of fused-ring (bicyclic) bond motifs is 6. The van der Waals surface area contributed by atoms with E-state index in [1.165, 1.54) is 43.7 Å². The van der Waals surface area contributed by atoms with Gasteiger partial charge in [0.15, 0.2) is 0 Å². The molecule has 0 aliphatic rings.